The number of carbonyl (C=O) groups excluding carboxylic acids is 1. The van der Waals surface area contributed by atoms with Crippen LogP contribution in [0.15, 0.2) is 87.5 Å². The first kappa shape index (κ1) is 22.8. The molecular weight excluding hydrogens is 454 g/mol. The van der Waals surface area contributed by atoms with Crippen LogP contribution in [0.3, 0.4) is 0 Å². The van der Waals surface area contributed by atoms with Gasteiger partial charge in [0.2, 0.25) is 10.0 Å². The lowest BCUT2D eigenvalue weighted by Crippen LogP contribution is -2.24. The van der Waals surface area contributed by atoms with Crippen LogP contribution in [0, 0.1) is 11.3 Å². The summed E-state index contributed by atoms with van der Waals surface area (Å²) >= 11 is 7.70. The van der Waals surface area contributed by atoms with Gasteiger partial charge in [-0.15, -0.1) is 0 Å². The number of halogens is 1. The molecule has 0 atom stereocenters. The van der Waals surface area contributed by atoms with Gasteiger partial charge in [0.05, 0.1) is 16.0 Å². The molecule has 0 spiro atoms. The highest BCUT2D eigenvalue weighted by Gasteiger charge is 2.14. The average Bonchev–Trinajstić information content (AvgIpc) is 2.77. The van der Waals surface area contributed by atoms with Crippen molar-refractivity contribution in [1.29, 1.82) is 5.26 Å². The zero-order chi connectivity index (χ0) is 22.3. The van der Waals surface area contributed by atoms with Crippen LogP contribution in [0.25, 0.3) is 0 Å². The summed E-state index contributed by atoms with van der Waals surface area (Å²) in [6, 6.07) is 22.4. The second-order valence-corrected chi connectivity index (χ2v) is 9.63. The molecule has 3 aromatic rings. The molecule has 0 aliphatic heterocycles. The molecule has 1 amide bonds. The van der Waals surface area contributed by atoms with Crippen molar-refractivity contribution in [2.45, 2.75) is 21.1 Å². The van der Waals surface area contributed by atoms with Crippen molar-refractivity contribution in [3.05, 3.63) is 83.4 Å². The van der Waals surface area contributed by atoms with Gasteiger partial charge in [-0.25, -0.2) is 13.1 Å². The Balaban J connectivity index is 1.62. The van der Waals surface area contributed by atoms with E-state index >= 15 is 0 Å². The molecule has 0 heterocycles. The zero-order valence-electron chi connectivity index (χ0n) is 16.2. The summed E-state index contributed by atoms with van der Waals surface area (Å²) in [4.78, 5) is 14.4. The maximum Gasteiger partial charge on any atom is 0.255 e. The molecule has 0 unspecified atom stereocenters. The monoisotopic (exact) mass is 471 g/mol. The Hall–Kier alpha value is -2.83. The minimum absolute atomic E-state index is 0.0305. The van der Waals surface area contributed by atoms with Gasteiger partial charge in [-0.2, -0.15) is 5.26 Å². The number of hydrogen-bond acceptors (Lipinski definition) is 5. The van der Waals surface area contributed by atoms with E-state index in [1.807, 2.05) is 42.5 Å². The molecular formula is C22H18ClN3O3S2. The van der Waals surface area contributed by atoms with Gasteiger partial charge in [0.1, 0.15) is 0 Å². The molecule has 0 saturated heterocycles. The summed E-state index contributed by atoms with van der Waals surface area (Å²) in [7, 11) is -3.71. The second kappa shape index (κ2) is 10.5. The molecule has 31 heavy (non-hydrogen) atoms. The van der Waals surface area contributed by atoms with Crippen molar-refractivity contribution >= 4 is 45.0 Å². The van der Waals surface area contributed by atoms with E-state index in [1.165, 1.54) is 36.0 Å². The molecule has 6 nitrogen and oxygen atoms in total. The smallest absolute Gasteiger partial charge is 0.255 e. The van der Waals surface area contributed by atoms with E-state index in [9.17, 15) is 13.2 Å². The van der Waals surface area contributed by atoms with Crippen molar-refractivity contribution in [3.8, 4) is 6.07 Å². The summed E-state index contributed by atoms with van der Waals surface area (Å²) < 4.78 is 26.6. The fourth-order valence-corrected chi connectivity index (χ4v) is 4.70. The van der Waals surface area contributed by atoms with E-state index in [1.54, 1.807) is 12.1 Å². The van der Waals surface area contributed by atoms with Crippen LogP contribution in [0.5, 0.6) is 0 Å². The fourth-order valence-electron chi connectivity index (χ4n) is 2.57. The Labute approximate surface area is 190 Å². The lowest BCUT2D eigenvalue weighted by molar-refractivity contribution is 0.102. The highest BCUT2D eigenvalue weighted by Crippen LogP contribution is 2.33. The number of nitriles is 1. The molecule has 0 aliphatic carbocycles. The Kier molecular flexibility index (Phi) is 7.71. The van der Waals surface area contributed by atoms with E-state index in [4.69, 9.17) is 16.9 Å². The summed E-state index contributed by atoms with van der Waals surface area (Å²) in [5.74, 6) is -0.354. The predicted octanol–water partition coefficient (Wildman–Crippen LogP) is 4.94. The number of hydrogen-bond donors (Lipinski definition) is 2. The Morgan fingerprint density at radius 2 is 1.68 bits per heavy atom. The Bertz CT molecular complexity index is 1210. The number of benzene rings is 3. The quantitative estimate of drug-likeness (QED) is 0.453. The van der Waals surface area contributed by atoms with Crippen LogP contribution in [0.1, 0.15) is 16.8 Å². The number of nitrogens with one attached hydrogen (secondary N) is 2. The molecule has 0 fully saturated rings. The molecule has 3 aromatic carbocycles. The van der Waals surface area contributed by atoms with E-state index < -0.39 is 10.0 Å². The molecule has 0 aliphatic rings. The number of nitrogens with zero attached hydrogens (tertiary/aromatic N) is 1. The molecule has 9 heteroatoms. The molecule has 0 bridgehead atoms. The number of anilines is 1. The van der Waals surface area contributed by atoms with Gasteiger partial charge in [0.15, 0.2) is 0 Å². The minimum atomic E-state index is -3.71. The van der Waals surface area contributed by atoms with E-state index in [0.717, 1.165) is 9.79 Å². The lowest BCUT2D eigenvalue weighted by atomic mass is 10.2. The summed E-state index contributed by atoms with van der Waals surface area (Å²) in [6.07, 6.45) is 0.0788. The van der Waals surface area contributed by atoms with Gasteiger partial charge in [-0.05, 0) is 60.7 Å². The van der Waals surface area contributed by atoms with Crippen LogP contribution < -0.4 is 10.0 Å². The van der Waals surface area contributed by atoms with Crippen LogP contribution in [0.4, 0.5) is 5.69 Å². The summed E-state index contributed by atoms with van der Waals surface area (Å²) in [6.45, 7) is 0.0336. The molecule has 0 aromatic heterocycles. The topological polar surface area (TPSA) is 99.1 Å². The molecule has 0 saturated carbocycles. The number of sulfonamides is 1. The van der Waals surface area contributed by atoms with E-state index in [0.29, 0.717) is 16.3 Å². The maximum atomic E-state index is 12.5. The van der Waals surface area contributed by atoms with Crippen molar-refractivity contribution in [2.75, 3.05) is 11.9 Å². The largest absolute Gasteiger partial charge is 0.322 e. The second-order valence-electron chi connectivity index (χ2n) is 6.34. The minimum Gasteiger partial charge on any atom is -0.322 e. The van der Waals surface area contributed by atoms with Gasteiger partial charge in [-0.1, -0.05) is 35.5 Å². The van der Waals surface area contributed by atoms with Gasteiger partial charge in [0, 0.05) is 34.0 Å². The number of carbonyl (C=O) groups is 1. The molecule has 3 rings (SSSR count). The van der Waals surface area contributed by atoms with Gasteiger partial charge in [-0.3, -0.25) is 4.79 Å². The first-order chi connectivity index (χ1) is 14.9. The molecule has 158 valence electrons. The normalized spacial score (nSPS) is 11.0. The van der Waals surface area contributed by atoms with Gasteiger partial charge >= 0.3 is 0 Å². The Morgan fingerprint density at radius 3 is 2.32 bits per heavy atom. The first-order valence-electron chi connectivity index (χ1n) is 9.19. The standard InChI is InChI=1S/C22H18ClN3O3S2/c23-20-4-1-2-5-21(20)30-18-10-8-17(9-11-18)26-22(27)16-6-12-19(13-7-16)31(28,29)25-15-3-14-24/h1-2,4-13,25H,3,15H2,(H,26,27). The van der Waals surface area contributed by atoms with E-state index in [2.05, 4.69) is 10.0 Å². The third-order valence-corrected chi connectivity index (χ3v) is 7.13. The van der Waals surface area contributed by atoms with Crippen LogP contribution in [0.2, 0.25) is 5.02 Å². The maximum absolute atomic E-state index is 12.5. The van der Waals surface area contributed by atoms with E-state index in [-0.39, 0.29) is 23.8 Å². The van der Waals surface area contributed by atoms with Gasteiger partial charge in [0.25, 0.3) is 5.91 Å². The predicted molar refractivity (Wildman–Crippen MR) is 122 cm³/mol. The third-order valence-electron chi connectivity index (χ3n) is 4.13. The highest BCUT2D eigenvalue weighted by atomic mass is 35.5. The lowest BCUT2D eigenvalue weighted by Gasteiger charge is -2.09. The summed E-state index contributed by atoms with van der Waals surface area (Å²) in [5, 5.41) is 12.0. The fraction of sp³-hybridized carbons (Fsp3) is 0.0909. The number of amides is 1. The van der Waals surface area contributed by atoms with Crippen molar-refractivity contribution < 1.29 is 13.2 Å². The van der Waals surface area contributed by atoms with Crippen molar-refractivity contribution in [3.63, 3.8) is 0 Å². The third kappa shape index (κ3) is 6.32. The highest BCUT2D eigenvalue weighted by molar-refractivity contribution is 7.99. The van der Waals surface area contributed by atoms with Crippen LogP contribution in [-0.4, -0.2) is 20.9 Å². The Morgan fingerprint density at radius 1 is 1.00 bits per heavy atom. The first-order valence-corrected chi connectivity index (χ1v) is 11.9. The summed E-state index contributed by atoms with van der Waals surface area (Å²) in [5.41, 5.74) is 0.939. The zero-order valence-corrected chi connectivity index (χ0v) is 18.6. The van der Waals surface area contributed by atoms with Crippen molar-refractivity contribution in [2.24, 2.45) is 0 Å². The van der Waals surface area contributed by atoms with Crippen LogP contribution in [-0.2, 0) is 10.0 Å². The van der Waals surface area contributed by atoms with Crippen LogP contribution >= 0.6 is 23.4 Å². The SMILES string of the molecule is N#CCCNS(=O)(=O)c1ccc(C(=O)Nc2ccc(Sc3ccccc3Cl)cc2)cc1. The average molecular weight is 472 g/mol. The molecule has 2 N–H and O–H groups in total. The van der Waals surface area contributed by atoms with Gasteiger partial charge < -0.3 is 5.32 Å². The number of rotatable bonds is 8. The van der Waals surface area contributed by atoms with Crippen molar-refractivity contribution in [1.82, 2.24) is 4.72 Å². The molecule has 0 radical (unpaired) electrons.